The smallest absolute Gasteiger partial charge is 0.313 e. The van der Waals surface area contributed by atoms with E-state index < -0.39 is 0 Å². The van der Waals surface area contributed by atoms with E-state index in [0.717, 1.165) is 5.76 Å². The number of hydrogen-bond donors (Lipinski definition) is 0. The summed E-state index contributed by atoms with van der Waals surface area (Å²) < 4.78 is 16.2. The minimum absolute atomic E-state index is 0.182. The summed E-state index contributed by atoms with van der Waals surface area (Å²) in [5.74, 6) is 1.41. The number of furan rings is 1. The van der Waals surface area contributed by atoms with E-state index in [1.54, 1.807) is 44.2 Å². The minimum Gasteiger partial charge on any atom is -0.462 e. The number of ether oxygens (including phenoxy) is 2. The highest BCUT2D eigenvalue weighted by Crippen LogP contribution is 2.35. The molecular formula is C18H16O5. The molecule has 0 radical (unpaired) electrons. The molecule has 23 heavy (non-hydrogen) atoms. The first-order valence-electron chi connectivity index (χ1n) is 7.30. The van der Waals surface area contributed by atoms with E-state index in [1.165, 1.54) is 0 Å². The maximum atomic E-state index is 12.3. The number of allylic oxidation sites excluding steroid dienone is 1. The average molecular weight is 312 g/mol. The molecule has 1 aromatic heterocycles. The predicted molar refractivity (Wildman–Crippen MR) is 83.3 cm³/mol. The van der Waals surface area contributed by atoms with Crippen molar-refractivity contribution in [3.63, 3.8) is 0 Å². The van der Waals surface area contributed by atoms with Crippen LogP contribution < -0.4 is 9.47 Å². The Kier molecular flexibility index (Phi) is 3.78. The number of fused-ring (bicyclic) bond motifs is 1. The Labute approximate surface area is 133 Å². The van der Waals surface area contributed by atoms with Crippen LogP contribution in [0.2, 0.25) is 0 Å². The van der Waals surface area contributed by atoms with E-state index >= 15 is 0 Å². The molecular weight excluding hydrogens is 296 g/mol. The fraction of sp³-hybridized carbons (Fsp3) is 0.222. The highest BCUT2D eigenvalue weighted by atomic mass is 16.5. The first kappa shape index (κ1) is 15.1. The Morgan fingerprint density at radius 3 is 2.65 bits per heavy atom. The van der Waals surface area contributed by atoms with E-state index in [9.17, 15) is 9.59 Å². The van der Waals surface area contributed by atoms with Gasteiger partial charge < -0.3 is 13.9 Å². The normalized spacial score (nSPS) is 15.0. The molecule has 0 saturated carbocycles. The van der Waals surface area contributed by atoms with E-state index in [1.807, 2.05) is 13.0 Å². The van der Waals surface area contributed by atoms with Gasteiger partial charge in [-0.05, 0) is 31.2 Å². The van der Waals surface area contributed by atoms with Gasteiger partial charge in [0.05, 0.1) is 11.5 Å². The van der Waals surface area contributed by atoms with Gasteiger partial charge in [0.2, 0.25) is 5.78 Å². The van der Waals surface area contributed by atoms with Crippen LogP contribution in [-0.4, -0.2) is 11.8 Å². The van der Waals surface area contributed by atoms with Gasteiger partial charge >= 0.3 is 5.97 Å². The summed E-state index contributed by atoms with van der Waals surface area (Å²) in [5, 5.41) is 0. The molecule has 0 saturated heterocycles. The van der Waals surface area contributed by atoms with Crippen LogP contribution in [-0.2, 0) is 4.79 Å². The Morgan fingerprint density at radius 1 is 1.22 bits per heavy atom. The number of Topliss-reactive ketones (excluding diaryl/α,β-unsaturated/α-hetero) is 1. The van der Waals surface area contributed by atoms with Crippen LogP contribution >= 0.6 is 0 Å². The SMILES string of the molecule is Cc1ccc(C=C2Oc3cc(OC(=O)C(C)C)ccc3C2=O)o1. The molecule has 0 N–H and O–H groups in total. The van der Waals surface area contributed by atoms with Crippen LogP contribution in [0.5, 0.6) is 11.5 Å². The zero-order chi connectivity index (χ0) is 16.6. The molecule has 5 nitrogen and oxygen atoms in total. The second kappa shape index (κ2) is 5.76. The van der Waals surface area contributed by atoms with E-state index in [4.69, 9.17) is 13.9 Å². The van der Waals surface area contributed by atoms with E-state index in [-0.39, 0.29) is 23.4 Å². The number of ketones is 1. The van der Waals surface area contributed by atoms with E-state index in [0.29, 0.717) is 22.8 Å². The largest absolute Gasteiger partial charge is 0.462 e. The molecule has 1 aromatic carbocycles. The van der Waals surface area contributed by atoms with Crippen molar-refractivity contribution in [3.8, 4) is 11.5 Å². The summed E-state index contributed by atoms with van der Waals surface area (Å²) in [6.45, 7) is 5.33. The Morgan fingerprint density at radius 2 is 2.00 bits per heavy atom. The number of aryl methyl sites for hydroxylation is 1. The summed E-state index contributed by atoms with van der Waals surface area (Å²) in [7, 11) is 0. The van der Waals surface area contributed by atoms with Gasteiger partial charge in [-0.25, -0.2) is 0 Å². The van der Waals surface area contributed by atoms with Gasteiger partial charge in [0, 0.05) is 12.1 Å². The molecule has 0 aliphatic carbocycles. The lowest BCUT2D eigenvalue weighted by molar-refractivity contribution is -0.137. The lowest BCUT2D eigenvalue weighted by atomic mass is 10.1. The summed E-state index contributed by atoms with van der Waals surface area (Å²) in [5.41, 5.74) is 0.434. The molecule has 5 heteroatoms. The molecule has 0 bridgehead atoms. The van der Waals surface area contributed by atoms with Crippen LogP contribution in [0.25, 0.3) is 6.08 Å². The Balaban J connectivity index is 1.85. The molecule has 2 heterocycles. The summed E-state index contributed by atoms with van der Waals surface area (Å²) in [4.78, 5) is 23.9. The molecule has 0 unspecified atom stereocenters. The fourth-order valence-electron chi connectivity index (χ4n) is 2.12. The van der Waals surface area contributed by atoms with Crippen molar-refractivity contribution in [2.24, 2.45) is 5.92 Å². The lowest BCUT2D eigenvalue weighted by Crippen LogP contribution is -2.14. The van der Waals surface area contributed by atoms with Crippen molar-refractivity contribution in [2.45, 2.75) is 20.8 Å². The molecule has 1 aliphatic heterocycles. The lowest BCUT2D eigenvalue weighted by Gasteiger charge is -2.07. The molecule has 2 aromatic rings. The number of benzene rings is 1. The third-order valence-corrected chi connectivity index (χ3v) is 3.37. The maximum absolute atomic E-state index is 12.3. The van der Waals surface area contributed by atoms with Crippen molar-refractivity contribution < 1.29 is 23.5 Å². The number of hydrogen-bond acceptors (Lipinski definition) is 5. The second-order valence-corrected chi connectivity index (χ2v) is 5.62. The Hall–Kier alpha value is -2.82. The van der Waals surface area contributed by atoms with Crippen LogP contribution in [0.15, 0.2) is 40.5 Å². The Bertz CT molecular complexity index is 811. The summed E-state index contributed by atoms with van der Waals surface area (Å²) in [6, 6.07) is 8.29. The molecule has 0 spiro atoms. The first-order valence-corrected chi connectivity index (χ1v) is 7.30. The molecule has 0 fully saturated rings. The zero-order valence-electron chi connectivity index (χ0n) is 13.1. The van der Waals surface area contributed by atoms with Crippen LogP contribution in [0.3, 0.4) is 0 Å². The predicted octanol–water partition coefficient (Wildman–Crippen LogP) is 3.77. The van der Waals surface area contributed by atoms with Gasteiger partial charge in [0.15, 0.2) is 5.76 Å². The highest BCUT2D eigenvalue weighted by molar-refractivity contribution is 6.14. The topological polar surface area (TPSA) is 65.7 Å². The quantitative estimate of drug-likeness (QED) is 0.490. The number of carbonyl (C=O) groups is 2. The van der Waals surface area contributed by atoms with Gasteiger partial charge in [-0.15, -0.1) is 0 Å². The van der Waals surface area contributed by atoms with Crippen LogP contribution in [0.4, 0.5) is 0 Å². The standard InChI is InChI=1S/C18H16O5/c1-10(2)18(20)22-13-6-7-14-15(8-13)23-16(17(14)19)9-12-5-4-11(3)21-12/h4-10H,1-3H3. The van der Waals surface area contributed by atoms with Crippen molar-refractivity contribution in [1.29, 1.82) is 0 Å². The molecule has 3 rings (SSSR count). The number of rotatable bonds is 3. The second-order valence-electron chi connectivity index (χ2n) is 5.62. The van der Waals surface area contributed by atoms with E-state index in [2.05, 4.69) is 0 Å². The summed E-state index contributed by atoms with van der Waals surface area (Å²) in [6.07, 6.45) is 1.55. The number of esters is 1. The van der Waals surface area contributed by atoms with Crippen molar-refractivity contribution in [1.82, 2.24) is 0 Å². The maximum Gasteiger partial charge on any atom is 0.313 e. The minimum atomic E-state index is -0.337. The van der Waals surface area contributed by atoms with Gasteiger partial charge in [0.25, 0.3) is 0 Å². The van der Waals surface area contributed by atoms with Crippen LogP contribution in [0, 0.1) is 12.8 Å². The fourth-order valence-corrected chi connectivity index (χ4v) is 2.12. The van der Waals surface area contributed by atoms with Gasteiger partial charge in [-0.3, -0.25) is 9.59 Å². The average Bonchev–Trinajstić information content (AvgIpc) is 3.03. The molecule has 0 atom stereocenters. The van der Waals surface area contributed by atoms with Gasteiger partial charge in [-0.2, -0.15) is 0 Å². The summed E-state index contributed by atoms with van der Waals surface area (Å²) >= 11 is 0. The first-order chi connectivity index (χ1) is 10.9. The molecule has 0 amide bonds. The van der Waals surface area contributed by atoms with Crippen molar-refractivity contribution in [2.75, 3.05) is 0 Å². The molecule has 118 valence electrons. The van der Waals surface area contributed by atoms with Crippen molar-refractivity contribution in [3.05, 3.63) is 53.2 Å². The monoisotopic (exact) mass is 312 g/mol. The van der Waals surface area contributed by atoms with Crippen molar-refractivity contribution >= 4 is 17.8 Å². The van der Waals surface area contributed by atoms with Gasteiger partial charge in [-0.1, -0.05) is 13.8 Å². The number of carbonyl (C=O) groups excluding carboxylic acids is 2. The zero-order valence-corrected chi connectivity index (χ0v) is 13.1. The van der Waals surface area contributed by atoms with Crippen LogP contribution in [0.1, 0.15) is 35.7 Å². The van der Waals surface area contributed by atoms with Gasteiger partial charge in [0.1, 0.15) is 23.0 Å². The molecule has 1 aliphatic rings. The third-order valence-electron chi connectivity index (χ3n) is 3.37. The highest BCUT2D eigenvalue weighted by Gasteiger charge is 2.28. The third kappa shape index (κ3) is 3.04.